The van der Waals surface area contributed by atoms with Crippen LogP contribution in [0, 0.1) is 0 Å². The maximum absolute atomic E-state index is 13.0. The molecule has 0 spiro atoms. The van der Waals surface area contributed by atoms with Crippen LogP contribution in [0.3, 0.4) is 0 Å². The Morgan fingerprint density at radius 3 is 2.45 bits per heavy atom. The molecule has 1 aromatic heterocycles. The Morgan fingerprint density at radius 1 is 0.970 bits per heavy atom. The predicted octanol–water partition coefficient (Wildman–Crippen LogP) is 5.07. The number of benzene rings is 3. The van der Waals surface area contributed by atoms with Crippen molar-refractivity contribution in [3.8, 4) is 5.69 Å². The highest BCUT2D eigenvalue weighted by Gasteiger charge is 2.21. The first kappa shape index (κ1) is 22.5. The summed E-state index contributed by atoms with van der Waals surface area (Å²) in [5.74, 6) is -0.680. The molecule has 0 radical (unpaired) electrons. The minimum Gasteiger partial charge on any atom is -0.345 e. The molecule has 3 aromatic carbocycles. The second-order valence-corrected chi connectivity index (χ2v) is 8.01. The van der Waals surface area contributed by atoms with E-state index in [2.05, 4.69) is 20.7 Å². The molecule has 9 heteroatoms. The molecule has 33 heavy (non-hydrogen) atoms. The summed E-state index contributed by atoms with van der Waals surface area (Å²) >= 11 is 12.3. The van der Waals surface area contributed by atoms with Crippen molar-refractivity contribution in [1.82, 2.24) is 20.1 Å². The average molecular weight is 480 g/mol. The van der Waals surface area contributed by atoms with Crippen LogP contribution in [-0.4, -0.2) is 26.6 Å². The van der Waals surface area contributed by atoms with Gasteiger partial charge in [0.2, 0.25) is 5.91 Å². The number of halogens is 2. The van der Waals surface area contributed by atoms with Crippen LogP contribution in [-0.2, 0) is 4.79 Å². The number of carbonyl (C=O) groups is 2. The standard InChI is InChI=1S/C24H19Cl2N5O2/c25-17-10-11-22(31-15-27-14-28-31)21(12-17)29-23(32)13-20(16-6-2-1-3-7-16)30-24(33)18-8-4-5-9-19(18)26/h1-12,14-15,20H,13H2,(H,29,32)(H,30,33). The van der Waals surface area contributed by atoms with Crippen LogP contribution in [0.5, 0.6) is 0 Å². The number of hydrogen-bond donors (Lipinski definition) is 2. The maximum atomic E-state index is 13.0. The van der Waals surface area contributed by atoms with Crippen LogP contribution in [0.2, 0.25) is 10.0 Å². The van der Waals surface area contributed by atoms with E-state index in [1.54, 1.807) is 42.5 Å². The Hall–Kier alpha value is -3.68. The van der Waals surface area contributed by atoms with Crippen LogP contribution >= 0.6 is 23.2 Å². The van der Waals surface area contributed by atoms with Crippen molar-refractivity contribution in [1.29, 1.82) is 0 Å². The third-order valence-electron chi connectivity index (χ3n) is 4.91. The summed E-state index contributed by atoms with van der Waals surface area (Å²) in [4.78, 5) is 29.9. The van der Waals surface area contributed by atoms with Gasteiger partial charge < -0.3 is 10.6 Å². The average Bonchev–Trinajstić information content (AvgIpc) is 3.34. The molecule has 166 valence electrons. The fourth-order valence-corrected chi connectivity index (χ4v) is 3.74. The predicted molar refractivity (Wildman–Crippen MR) is 128 cm³/mol. The topological polar surface area (TPSA) is 88.9 Å². The molecule has 2 amide bonds. The largest absolute Gasteiger partial charge is 0.345 e. The normalized spacial score (nSPS) is 11.6. The molecule has 1 heterocycles. The number of nitrogens with zero attached hydrogens (tertiary/aromatic N) is 3. The van der Waals surface area contributed by atoms with Crippen molar-refractivity contribution in [2.45, 2.75) is 12.5 Å². The Balaban J connectivity index is 1.56. The van der Waals surface area contributed by atoms with E-state index in [0.717, 1.165) is 5.56 Å². The van der Waals surface area contributed by atoms with Crippen LogP contribution in [0.25, 0.3) is 5.69 Å². The lowest BCUT2D eigenvalue weighted by Gasteiger charge is -2.20. The number of nitrogens with one attached hydrogen (secondary N) is 2. The summed E-state index contributed by atoms with van der Waals surface area (Å²) in [6.07, 6.45) is 2.91. The molecule has 7 nitrogen and oxygen atoms in total. The Bertz CT molecular complexity index is 1260. The van der Waals surface area contributed by atoms with E-state index >= 15 is 0 Å². The van der Waals surface area contributed by atoms with E-state index < -0.39 is 6.04 Å². The molecule has 1 unspecified atom stereocenters. The van der Waals surface area contributed by atoms with Crippen molar-refractivity contribution in [3.05, 3.63) is 107 Å². The SMILES string of the molecule is O=C(CC(NC(=O)c1ccccc1Cl)c1ccccc1)Nc1cc(Cl)ccc1-n1cncn1. The minimum absolute atomic E-state index is 0.0104. The van der Waals surface area contributed by atoms with Crippen LogP contribution in [0.1, 0.15) is 28.4 Å². The van der Waals surface area contributed by atoms with Gasteiger partial charge in [-0.25, -0.2) is 9.67 Å². The van der Waals surface area contributed by atoms with E-state index in [0.29, 0.717) is 27.0 Å². The summed E-state index contributed by atoms with van der Waals surface area (Å²) in [6.45, 7) is 0. The number of anilines is 1. The lowest BCUT2D eigenvalue weighted by atomic mass is 10.0. The smallest absolute Gasteiger partial charge is 0.253 e. The summed E-state index contributed by atoms with van der Waals surface area (Å²) in [7, 11) is 0. The van der Waals surface area contributed by atoms with Crippen molar-refractivity contribution in [2.75, 3.05) is 5.32 Å². The van der Waals surface area contributed by atoms with Gasteiger partial charge >= 0.3 is 0 Å². The first-order valence-electron chi connectivity index (χ1n) is 10.1. The molecule has 1 atom stereocenters. The number of hydrogen-bond acceptors (Lipinski definition) is 4. The second-order valence-electron chi connectivity index (χ2n) is 7.17. The summed E-state index contributed by atoms with van der Waals surface area (Å²) < 4.78 is 1.53. The Morgan fingerprint density at radius 2 is 1.73 bits per heavy atom. The van der Waals surface area contributed by atoms with Gasteiger partial charge in [0.05, 0.1) is 34.4 Å². The van der Waals surface area contributed by atoms with Gasteiger partial charge in [-0.2, -0.15) is 5.10 Å². The number of carbonyl (C=O) groups excluding carboxylic acids is 2. The van der Waals surface area contributed by atoms with Crippen LogP contribution in [0.4, 0.5) is 5.69 Å². The number of rotatable bonds is 7. The zero-order valence-electron chi connectivity index (χ0n) is 17.3. The number of amides is 2. The fourth-order valence-electron chi connectivity index (χ4n) is 3.35. The van der Waals surface area contributed by atoms with Crippen molar-refractivity contribution < 1.29 is 9.59 Å². The lowest BCUT2D eigenvalue weighted by molar-refractivity contribution is -0.116. The Kier molecular flexibility index (Phi) is 7.02. The Labute approximate surface area is 200 Å². The van der Waals surface area contributed by atoms with E-state index in [-0.39, 0.29) is 18.2 Å². The van der Waals surface area contributed by atoms with Gasteiger partial charge in [-0.05, 0) is 35.9 Å². The van der Waals surface area contributed by atoms with Crippen molar-refractivity contribution in [3.63, 3.8) is 0 Å². The molecular formula is C24H19Cl2N5O2. The monoisotopic (exact) mass is 479 g/mol. The molecule has 0 saturated carbocycles. The molecule has 0 fully saturated rings. The van der Waals surface area contributed by atoms with Crippen molar-refractivity contribution in [2.24, 2.45) is 0 Å². The van der Waals surface area contributed by atoms with E-state index in [1.165, 1.54) is 17.3 Å². The molecular weight excluding hydrogens is 461 g/mol. The van der Waals surface area contributed by atoms with Crippen LogP contribution < -0.4 is 10.6 Å². The third-order valence-corrected chi connectivity index (χ3v) is 5.48. The van der Waals surface area contributed by atoms with Gasteiger partial charge in [0.25, 0.3) is 5.91 Å². The molecule has 0 bridgehead atoms. The first-order valence-corrected chi connectivity index (χ1v) is 10.8. The van der Waals surface area contributed by atoms with Crippen LogP contribution in [0.15, 0.2) is 85.5 Å². The molecule has 0 aliphatic rings. The van der Waals surface area contributed by atoms with Gasteiger partial charge in [-0.15, -0.1) is 0 Å². The zero-order chi connectivity index (χ0) is 23.2. The highest BCUT2D eigenvalue weighted by molar-refractivity contribution is 6.33. The van der Waals surface area contributed by atoms with Gasteiger partial charge in [0, 0.05) is 5.02 Å². The molecule has 2 N–H and O–H groups in total. The molecule has 0 aliphatic carbocycles. The maximum Gasteiger partial charge on any atom is 0.253 e. The summed E-state index contributed by atoms with van der Waals surface area (Å²) in [5, 5.41) is 10.7. The fraction of sp³-hybridized carbons (Fsp3) is 0.0833. The molecule has 0 saturated heterocycles. The minimum atomic E-state index is -0.580. The highest BCUT2D eigenvalue weighted by atomic mass is 35.5. The second kappa shape index (κ2) is 10.3. The lowest BCUT2D eigenvalue weighted by Crippen LogP contribution is -2.31. The van der Waals surface area contributed by atoms with Gasteiger partial charge in [-0.3, -0.25) is 9.59 Å². The number of aromatic nitrogens is 3. The van der Waals surface area contributed by atoms with Gasteiger partial charge in [0.1, 0.15) is 12.7 Å². The van der Waals surface area contributed by atoms with Gasteiger partial charge in [0.15, 0.2) is 0 Å². The highest BCUT2D eigenvalue weighted by Crippen LogP contribution is 2.26. The molecule has 4 aromatic rings. The third kappa shape index (κ3) is 5.58. The van der Waals surface area contributed by atoms with E-state index in [4.69, 9.17) is 23.2 Å². The zero-order valence-corrected chi connectivity index (χ0v) is 18.8. The van der Waals surface area contributed by atoms with E-state index in [9.17, 15) is 9.59 Å². The first-order chi connectivity index (χ1) is 16.0. The van der Waals surface area contributed by atoms with E-state index in [1.807, 2.05) is 30.3 Å². The summed E-state index contributed by atoms with van der Waals surface area (Å²) in [6, 6.07) is 20.5. The van der Waals surface area contributed by atoms with Gasteiger partial charge in [-0.1, -0.05) is 65.7 Å². The molecule has 4 rings (SSSR count). The quantitative estimate of drug-likeness (QED) is 0.387. The molecule has 0 aliphatic heterocycles. The van der Waals surface area contributed by atoms with Crippen molar-refractivity contribution >= 4 is 40.7 Å². The summed E-state index contributed by atoms with van der Waals surface area (Å²) in [5.41, 5.74) is 2.21.